The monoisotopic (exact) mass is 427 g/mol. The zero-order valence-electron chi connectivity index (χ0n) is 16.5. The molecule has 1 saturated heterocycles. The first kappa shape index (κ1) is 20.3. The number of nitrogens with one attached hydrogen (secondary N) is 1. The molecule has 30 heavy (non-hydrogen) atoms. The van der Waals surface area contributed by atoms with Crippen LogP contribution in [0.3, 0.4) is 0 Å². The Morgan fingerprint density at radius 1 is 1.13 bits per heavy atom. The van der Waals surface area contributed by atoms with E-state index >= 15 is 0 Å². The molecule has 1 heterocycles. The summed E-state index contributed by atoms with van der Waals surface area (Å²) in [5, 5.41) is 15.3. The molecule has 7 nitrogen and oxygen atoms in total. The first-order valence-corrected chi connectivity index (χ1v) is 10.4. The zero-order valence-corrected chi connectivity index (χ0v) is 17.3. The predicted octanol–water partition coefficient (Wildman–Crippen LogP) is 4.79. The molecule has 8 heteroatoms. The Labute approximate surface area is 179 Å². The van der Waals surface area contributed by atoms with Gasteiger partial charge in [-0.2, -0.15) is 0 Å². The van der Waals surface area contributed by atoms with Crippen molar-refractivity contribution >= 4 is 40.5 Å². The van der Waals surface area contributed by atoms with Gasteiger partial charge in [0.15, 0.2) is 0 Å². The third-order valence-corrected chi connectivity index (χ3v) is 6.23. The van der Waals surface area contributed by atoms with Gasteiger partial charge >= 0.3 is 0 Å². The number of fused-ring (bicyclic) bond motifs is 1. The Bertz CT molecular complexity index is 1030. The fourth-order valence-electron chi connectivity index (χ4n) is 4.45. The van der Waals surface area contributed by atoms with E-state index in [4.69, 9.17) is 11.6 Å². The second-order valence-corrected chi connectivity index (χ2v) is 8.52. The fourth-order valence-corrected chi connectivity index (χ4v) is 4.66. The van der Waals surface area contributed by atoms with Crippen molar-refractivity contribution in [3.63, 3.8) is 0 Å². The van der Waals surface area contributed by atoms with Crippen LogP contribution < -0.4 is 10.2 Å². The van der Waals surface area contributed by atoms with Crippen LogP contribution in [0.4, 0.5) is 17.1 Å². The molecule has 0 radical (unpaired) electrons. The van der Waals surface area contributed by atoms with E-state index in [1.54, 1.807) is 24.3 Å². The first-order chi connectivity index (χ1) is 14.3. The van der Waals surface area contributed by atoms with E-state index in [0.717, 1.165) is 16.9 Å². The Morgan fingerprint density at radius 2 is 1.90 bits per heavy atom. The van der Waals surface area contributed by atoms with E-state index < -0.39 is 4.92 Å². The minimum atomic E-state index is -0.510. The highest BCUT2D eigenvalue weighted by Gasteiger charge is 2.50. The molecule has 0 bridgehead atoms. The van der Waals surface area contributed by atoms with Gasteiger partial charge in [0.1, 0.15) is 5.69 Å². The summed E-state index contributed by atoms with van der Waals surface area (Å²) in [6, 6.07) is 11.6. The molecule has 3 atom stereocenters. The maximum Gasteiger partial charge on any atom is 0.294 e. The van der Waals surface area contributed by atoms with E-state index in [9.17, 15) is 19.7 Å². The molecule has 1 N–H and O–H groups in total. The normalized spacial score (nSPS) is 23.4. The van der Waals surface area contributed by atoms with Crippen molar-refractivity contribution in [3.8, 4) is 0 Å². The van der Waals surface area contributed by atoms with Gasteiger partial charge in [0.25, 0.3) is 5.69 Å². The zero-order chi connectivity index (χ0) is 21.4. The number of amides is 2. The summed E-state index contributed by atoms with van der Waals surface area (Å²) in [6.45, 7) is 2.44. The number of hydrogen-bond acceptors (Lipinski definition) is 5. The van der Waals surface area contributed by atoms with Crippen molar-refractivity contribution in [2.75, 3.05) is 10.2 Å². The van der Waals surface area contributed by atoms with Gasteiger partial charge < -0.3 is 5.32 Å². The van der Waals surface area contributed by atoms with Crippen LogP contribution >= 0.6 is 11.6 Å². The van der Waals surface area contributed by atoms with Gasteiger partial charge in [-0.3, -0.25) is 19.7 Å². The fraction of sp³-hybridized carbons (Fsp3) is 0.364. The van der Waals surface area contributed by atoms with Gasteiger partial charge in [0.05, 0.1) is 22.4 Å². The van der Waals surface area contributed by atoms with Gasteiger partial charge in [-0.1, -0.05) is 30.7 Å². The summed E-state index contributed by atoms with van der Waals surface area (Å²) in [4.78, 5) is 38.1. The molecule has 0 aromatic heterocycles. The molecule has 2 fully saturated rings. The van der Waals surface area contributed by atoms with Crippen molar-refractivity contribution in [3.05, 3.63) is 63.2 Å². The lowest BCUT2D eigenvalue weighted by atomic mass is 9.76. The molecule has 2 aliphatic rings. The van der Waals surface area contributed by atoms with Crippen molar-refractivity contribution < 1.29 is 14.5 Å². The molecule has 1 saturated carbocycles. The Balaban J connectivity index is 1.59. The van der Waals surface area contributed by atoms with Gasteiger partial charge in [0.2, 0.25) is 11.8 Å². The number of rotatable bonds is 5. The third kappa shape index (κ3) is 3.77. The van der Waals surface area contributed by atoms with Crippen LogP contribution in [0, 0.1) is 27.9 Å². The summed E-state index contributed by atoms with van der Waals surface area (Å²) in [5.41, 5.74) is 1.27. The standard InChI is InChI=1S/C22H22ClN3O4/c1-13-5-7-17-18(9-13)22(28)25(21(17)27)16-6-8-19(20(11-16)26(29)30)24-12-14-3-2-4-15(23)10-14/h2-4,6,8,10-11,13,17-18,24H,5,7,9,12H2,1H3/t13-,17+,18-/m1/s1. The number of benzene rings is 2. The molecule has 2 aromatic carbocycles. The van der Waals surface area contributed by atoms with Gasteiger partial charge in [-0.15, -0.1) is 0 Å². The van der Waals surface area contributed by atoms with Gasteiger partial charge in [-0.05, 0) is 55.0 Å². The van der Waals surface area contributed by atoms with Crippen LogP contribution in [0.2, 0.25) is 5.02 Å². The van der Waals surface area contributed by atoms with Crippen molar-refractivity contribution in [1.29, 1.82) is 0 Å². The van der Waals surface area contributed by atoms with Crippen molar-refractivity contribution in [2.45, 2.75) is 32.7 Å². The number of hydrogen-bond donors (Lipinski definition) is 1. The first-order valence-electron chi connectivity index (χ1n) is 9.99. The highest BCUT2D eigenvalue weighted by atomic mass is 35.5. The summed E-state index contributed by atoms with van der Waals surface area (Å²) in [6.07, 6.45) is 2.29. The SMILES string of the molecule is C[C@@H]1CC[C@@H]2C(=O)N(c3ccc(NCc4cccc(Cl)c4)c([N+](=O)[O-])c3)C(=O)[C@@H]2C1. The lowest BCUT2D eigenvalue weighted by molar-refractivity contribution is -0.383. The summed E-state index contributed by atoms with van der Waals surface area (Å²) in [5.74, 6) is -0.721. The average molecular weight is 428 g/mol. The maximum atomic E-state index is 12.9. The number of carbonyl (C=O) groups is 2. The molecule has 2 amide bonds. The molecular weight excluding hydrogens is 406 g/mol. The smallest absolute Gasteiger partial charge is 0.294 e. The second kappa shape index (κ2) is 8.07. The van der Waals surface area contributed by atoms with E-state index in [1.165, 1.54) is 6.07 Å². The Hall–Kier alpha value is -2.93. The van der Waals surface area contributed by atoms with Crippen LogP contribution in [0.25, 0.3) is 0 Å². The van der Waals surface area contributed by atoms with E-state index in [1.807, 2.05) is 12.1 Å². The van der Waals surface area contributed by atoms with E-state index in [2.05, 4.69) is 12.2 Å². The number of nitro groups is 1. The molecule has 4 rings (SSSR count). The lowest BCUT2D eigenvalue weighted by Crippen LogP contribution is -2.30. The van der Waals surface area contributed by atoms with Crippen molar-refractivity contribution in [2.24, 2.45) is 17.8 Å². The van der Waals surface area contributed by atoms with E-state index in [-0.39, 0.29) is 35.0 Å². The molecule has 1 aliphatic heterocycles. The van der Waals surface area contributed by atoms with Crippen LogP contribution in [0.5, 0.6) is 0 Å². The number of imide groups is 1. The number of nitrogens with zero attached hydrogens (tertiary/aromatic N) is 2. The van der Waals surface area contributed by atoms with Gasteiger partial charge in [0, 0.05) is 17.6 Å². The summed E-state index contributed by atoms with van der Waals surface area (Å²) in [7, 11) is 0. The van der Waals surface area contributed by atoms with Crippen LogP contribution in [-0.2, 0) is 16.1 Å². The number of anilines is 2. The molecule has 0 spiro atoms. The van der Waals surface area contributed by atoms with Crippen molar-refractivity contribution in [1.82, 2.24) is 0 Å². The van der Waals surface area contributed by atoms with E-state index in [0.29, 0.717) is 36.0 Å². The molecule has 2 aromatic rings. The van der Waals surface area contributed by atoms with Crippen LogP contribution in [0.15, 0.2) is 42.5 Å². The Kier molecular flexibility index (Phi) is 5.47. The second-order valence-electron chi connectivity index (χ2n) is 8.09. The number of nitro benzene ring substituents is 1. The molecular formula is C22H22ClN3O4. The van der Waals surface area contributed by atoms with Crippen LogP contribution in [0.1, 0.15) is 31.7 Å². The maximum absolute atomic E-state index is 12.9. The summed E-state index contributed by atoms with van der Waals surface area (Å²) >= 11 is 5.98. The molecule has 156 valence electrons. The highest BCUT2D eigenvalue weighted by molar-refractivity contribution is 6.30. The largest absolute Gasteiger partial charge is 0.375 e. The molecule has 1 aliphatic carbocycles. The summed E-state index contributed by atoms with van der Waals surface area (Å²) < 4.78 is 0. The lowest BCUT2D eigenvalue weighted by Gasteiger charge is -2.25. The highest BCUT2D eigenvalue weighted by Crippen LogP contribution is 2.43. The van der Waals surface area contributed by atoms with Crippen LogP contribution in [-0.4, -0.2) is 16.7 Å². The average Bonchev–Trinajstić information content (AvgIpc) is 2.96. The Morgan fingerprint density at radius 3 is 2.63 bits per heavy atom. The molecule has 0 unspecified atom stereocenters. The minimum Gasteiger partial charge on any atom is -0.375 e. The predicted molar refractivity (Wildman–Crippen MR) is 114 cm³/mol. The number of halogens is 1. The topological polar surface area (TPSA) is 92.6 Å². The minimum absolute atomic E-state index is 0.182. The third-order valence-electron chi connectivity index (χ3n) is 6.00. The van der Waals surface area contributed by atoms with Gasteiger partial charge in [-0.25, -0.2) is 4.90 Å². The quantitative estimate of drug-likeness (QED) is 0.421. The number of carbonyl (C=O) groups excluding carboxylic acids is 2.